The normalized spacial score (nSPS) is 23.1. The van der Waals surface area contributed by atoms with Gasteiger partial charge in [0.15, 0.2) is 11.5 Å². The van der Waals surface area contributed by atoms with Crippen LogP contribution in [-0.4, -0.2) is 44.3 Å². The van der Waals surface area contributed by atoms with Gasteiger partial charge in [-0.05, 0) is 51.1 Å². The fraction of sp³-hybridized carbons (Fsp3) is 0.625. The van der Waals surface area contributed by atoms with E-state index in [1.807, 2.05) is 6.07 Å². The zero-order chi connectivity index (χ0) is 13.9. The summed E-state index contributed by atoms with van der Waals surface area (Å²) in [6.45, 7) is 5.80. The van der Waals surface area contributed by atoms with Gasteiger partial charge in [0.1, 0.15) is 13.2 Å². The fourth-order valence-corrected chi connectivity index (χ4v) is 2.99. The van der Waals surface area contributed by atoms with Crippen LogP contribution in [0.1, 0.15) is 31.4 Å². The second kappa shape index (κ2) is 6.02. The molecule has 4 heteroatoms. The number of hydrogen-bond donors (Lipinski definition) is 1. The molecule has 0 aliphatic carbocycles. The Morgan fingerprint density at radius 1 is 1.30 bits per heavy atom. The van der Waals surface area contributed by atoms with Crippen LogP contribution < -0.4 is 14.8 Å². The van der Waals surface area contributed by atoms with Crippen LogP contribution in [0.3, 0.4) is 0 Å². The zero-order valence-electron chi connectivity index (χ0n) is 12.4. The SMILES string of the molecule is CC(c1ccc2c(c1)OCCO2)N(C)CC1CCCN1. The van der Waals surface area contributed by atoms with Crippen molar-refractivity contribution in [3.8, 4) is 11.5 Å². The molecule has 1 aromatic carbocycles. The van der Waals surface area contributed by atoms with Crippen LogP contribution in [0.15, 0.2) is 18.2 Å². The Hall–Kier alpha value is -1.26. The number of nitrogens with one attached hydrogen (secondary N) is 1. The molecule has 3 rings (SSSR count). The van der Waals surface area contributed by atoms with Crippen molar-refractivity contribution in [1.82, 2.24) is 10.2 Å². The van der Waals surface area contributed by atoms with Gasteiger partial charge in [-0.1, -0.05) is 6.07 Å². The maximum Gasteiger partial charge on any atom is 0.161 e. The molecule has 0 spiro atoms. The van der Waals surface area contributed by atoms with Crippen LogP contribution in [0.4, 0.5) is 0 Å². The van der Waals surface area contributed by atoms with Crippen molar-refractivity contribution in [2.75, 3.05) is 33.4 Å². The molecule has 0 saturated carbocycles. The van der Waals surface area contributed by atoms with Gasteiger partial charge in [-0.15, -0.1) is 0 Å². The molecule has 1 fully saturated rings. The monoisotopic (exact) mass is 276 g/mol. The molecule has 0 bridgehead atoms. The molecule has 2 atom stereocenters. The molecule has 20 heavy (non-hydrogen) atoms. The van der Waals surface area contributed by atoms with Gasteiger partial charge in [-0.25, -0.2) is 0 Å². The first-order chi connectivity index (χ1) is 9.74. The highest BCUT2D eigenvalue weighted by molar-refractivity contribution is 5.44. The minimum atomic E-state index is 0.383. The second-order valence-electron chi connectivity index (χ2n) is 5.81. The van der Waals surface area contributed by atoms with Crippen molar-refractivity contribution in [3.63, 3.8) is 0 Å². The summed E-state index contributed by atoms with van der Waals surface area (Å²) >= 11 is 0. The van der Waals surface area contributed by atoms with E-state index in [0.717, 1.165) is 24.6 Å². The number of fused-ring (bicyclic) bond motifs is 1. The summed E-state index contributed by atoms with van der Waals surface area (Å²) < 4.78 is 11.2. The minimum absolute atomic E-state index is 0.383. The Morgan fingerprint density at radius 3 is 2.85 bits per heavy atom. The molecule has 0 radical (unpaired) electrons. The lowest BCUT2D eigenvalue weighted by molar-refractivity contribution is 0.170. The predicted molar refractivity (Wildman–Crippen MR) is 79.5 cm³/mol. The van der Waals surface area contributed by atoms with Gasteiger partial charge >= 0.3 is 0 Å². The van der Waals surface area contributed by atoms with Gasteiger partial charge in [0.25, 0.3) is 0 Å². The van der Waals surface area contributed by atoms with E-state index in [9.17, 15) is 0 Å². The highest BCUT2D eigenvalue weighted by Gasteiger charge is 2.21. The van der Waals surface area contributed by atoms with Gasteiger partial charge in [0.05, 0.1) is 0 Å². The Labute approximate surface area is 121 Å². The van der Waals surface area contributed by atoms with E-state index < -0.39 is 0 Å². The van der Waals surface area contributed by atoms with E-state index in [-0.39, 0.29) is 0 Å². The topological polar surface area (TPSA) is 33.7 Å². The van der Waals surface area contributed by atoms with Crippen LogP contribution in [0, 0.1) is 0 Å². The van der Waals surface area contributed by atoms with E-state index in [0.29, 0.717) is 25.3 Å². The smallest absolute Gasteiger partial charge is 0.161 e. The first-order valence-corrected chi connectivity index (χ1v) is 7.57. The summed E-state index contributed by atoms with van der Waals surface area (Å²) in [6.07, 6.45) is 2.59. The van der Waals surface area contributed by atoms with Gasteiger partial charge < -0.3 is 14.8 Å². The third-order valence-electron chi connectivity index (χ3n) is 4.38. The van der Waals surface area contributed by atoms with Crippen molar-refractivity contribution in [1.29, 1.82) is 0 Å². The van der Waals surface area contributed by atoms with E-state index in [2.05, 4.69) is 36.3 Å². The second-order valence-corrected chi connectivity index (χ2v) is 5.81. The van der Waals surface area contributed by atoms with Gasteiger partial charge in [-0.3, -0.25) is 4.90 Å². The van der Waals surface area contributed by atoms with Crippen LogP contribution in [0.2, 0.25) is 0 Å². The lowest BCUT2D eigenvalue weighted by atomic mass is 10.1. The number of nitrogens with zero attached hydrogens (tertiary/aromatic N) is 1. The number of ether oxygens (including phenoxy) is 2. The standard InChI is InChI=1S/C16H24N2O2/c1-12(18(2)11-14-4-3-7-17-14)13-5-6-15-16(10-13)20-9-8-19-15/h5-6,10,12,14,17H,3-4,7-9,11H2,1-2H3. The molecule has 4 nitrogen and oxygen atoms in total. The maximum absolute atomic E-state index is 5.67. The molecular weight excluding hydrogens is 252 g/mol. The van der Waals surface area contributed by atoms with E-state index in [4.69, 9.17) is 9.47 Å². The molecule has 2 unspecified atom stereocenters. The first-order valence-electron chi connectivity index (χ1n) is 7.57. The minimum Gasteiger partial charge on any atom is -0.486 e. The molecule has 1 aromatic rings. The third kappa shape index (κ3) is 2.91. The molecule has 2 aliphatic rings. The van der Waals surface area contributed by atoms with E-state index in [1.165, 1.54) is 18.4 Å². The van der Waals surface area contributed by atoms with Crippen molar-refractivity contribution in [2.24, 2.45) is 0 Å². The first kappa shape index (κ1) is 13.7. The average Bonchev–Trinajstić information content (AvgIpc) is 2.99. The maximum atomic E-state index is 5.67. The van der Waals surface area contributed by atoms with Crippen LogP contribution >= 0.6 is 0 Å². The third-order valence-corrected chi connectivity index (χ3v) is 4.38. The number of rotatable bonds is 4. The Bertz CT molecular complexity index is 458. The lowest BCUT2D eigenvalue weighted by Gasteiger charge is -2.29. The van der Waals surface area contributed by atoms with E-state index in [1.54, 1.807) is 0 Å². The number of hydrogen-bond acceptors (Lipinski definition) is 4. The predicted octanol–water partition coefficient (Wildman–Crippen LogP) is 2.20. The summed E-state index contributed by atoms with van der Waals surface area (Å²) in [5.41, 5.74) is 1.29. The van der Waals surface area contributed by atoms with Crippen molar-refractivity contribution in [3.05, 3.63) is 23.8 Å². The van der Waals surface area contributed by atoms with Crippen molar-refractivity contribution >= 4 is 0 Å². The molecule has 2 aliphatic heterocycles. The Kier molecular flexibility index (Phi) is 4.13. The molecule has 0 aromatic heterocycles. The molecule has 2 heterocycles. The largest absolute Gasteiger partial charge is 0.486 e. The highest BCUT2D eigenvalue weighted by Crippen LogP contribution is 2.33. The summed E-state index contributed by atoms with van der Waals surface area (Å²) in [7, 11) is 2.20. The summed E-state index contributed by atoms with van der Waals surface area (Å²) in [5.74, 6) is 1.75. The van der Waals surface area contributed by atoms with Crippen molar-refractivity contribution in [2.45, 2.75) is 31.8 Å². The molecule has 0 amide bonds. The Balaban J connectivity index is 1.67. The van der Waals surface area contributed by atoms with Crippen molar-refractivity contribution < 1.29 is 9.47 Å². The molecular formula is C16H24N2O2. The number of benzene rings is 1. The van der Waals surface area contributed by atoms with Crippen LogP contribution in [0.25, 0.3) is 0 Å². The van der Waals surface area contributed by atoms with Gasteiger partial charge in [0, 0.05) is 18.6 Å². The summed E-state index contributed by atoms with van der Waals surface area (Å²) in [4.78, 5) is 2.41. The quantitative estimate of drug-likeness (QED) is 0.914. The molecule has 1 saturated heterocycles. The number of likely N-dealkylation sites (N-methyl/N-ethyl adjacent to an activating group) is 1. The van der Waals surface area contributed by atoms with Gasteiger partial charge in [0.2, 0.25) is 0 Å². The van der Waals surface area contributed by atoms with Crippen LogP contribution in [0.5, 0.6) is 11.5 Å². The van der Waals surface area contributed by atoms with E-state index >= 15 is 0 Å². The average molecular weight is 276 g/mol. The highest BCUT2D eigenvalue weighted by atomic mass is 16.6. The lowest BCUT2D eigenvalue weighted by Crippen LogP contribution is -2.36. The molecule has 110 valence electrons. The zero-order valence-corrected chi connectivity index (χ0v) is 12.4. The van der Waals surface area contributed by atoms with Gasteiger partial charge in [-0.2, -0.15) is 0 Å². The fourth-order valence-electron chi connectivity index (χ4n) is 2.99. The summed E-state index contributed by atoms with van der Waals surface area (Å²) in [6, 6.07) is 7.32. The van der Waals surface area contributed by atoms with Crippen LogP contribution in [-0.2, 0) is 0 Å². The Morgan fingerprint density at radius 2 is 2.10 bits per heavy atom. The molecule has 1 N–H and O–H groups in total. The summed E-state index contributed by atoms with van der Waals surface area (Å²) in [5, 5.41) is 3.56.